The smallest absolute Gasteiger partial charge is 0.404 e. The lowest BCUT2D eigenvalue weighted by atomic mass is 9.80. The molecule has 0 atom stereocenters. The van der Waals surface area contributed by atoms with Gasteiger partial charge in [-0.25, -0.2) is 19.7 Å². The van der Waals surface area contributed by atoms with E-state index < -0.39 is 6.09 Å². The number of hydrogen-bond donors (Lipinski definition) is 3. The number of amides is 1. The molecule has 0 bridgehead atoms. The number of aromatic nitrogens is 3. The maximum atomic E-state index is 10.7. The van der Waals surface area contributed by atoms with Gasteiger partial charge in [0, 0.05) is 30.7 Å². The summed E-state index contributed by atoms with van der Waals surface area (Å²) in [7, 11) is 0. The van der Waals surface area contributed by atoms with E-state index in [0.717, 1.165) is 25.9 Å². The molecule has 0 radical (unpaired) electrons. The topological polar surface area (TPSA) is 117 Å². The summed E-state index contributed by atoms with van der Waals surface area (Å²) < 4.78 is 0. The van der Waals surface area contributed by atoms with E-state index >= 15 is 0 Å². The van der Waals surface area contributed by atoms with Crippen LogP contribution in [-0.2, 0) is 0 Å². The lowest BCUT2D eigenvalue weighted by molar-refractivity contribution is 0.178. The molecule has 4 N–H and O–H groups in total. The fourth-order valence-electron chi connectivity index (χ4n) is 2.94. The molecule has 0 unspecified atom stereocenters. The van der Waals surface area contributed by atoms with E-state index in [1.807, 2.05) is 0 Å². The van der Waals surface area contributed by atoms with E-state index in [0.29, 0.717) is 33.1 Å². The van der Waals surface area contributed by atoms with Crippen LogP contribution in [0.2, 0.25) is 10.2 Å². The molecule has 8 nitrogen and oxygen atoms in total. The molecule has 1 amide bonds. The summed E-state index contributed by atoms with van der Waals surface area (Å²) in [6.07, 6.45) is 3.95. The van der Waals surface area contributed by atoms with Crippen molar-refractivity contribution in [3.05, 3.63) is 28.6 Å². The van der Waals surface area contributed by atoms with Gasteiger partial charge in [0.2, 0.25) is 0 Å². The average molecular weight is 443 g/mol. The van der Waals surface area contributed by atoms with E-state index in [4.69, 9.17) is 34.0 Å². The molecule has 2 aromatic heterocycles. The number of nitrogens with zero attached hydrogens (tertiary/aromatic N) is 4. The zero-order valence-electron chi connectivity index (χ0n) is 15.2. The Morgan fingerprint density at radius 1 is 1.39 bits per heavy atom. The van der Waals surface area contributed by atoms with Crippen molar-refractivity contribution in [2.45, 2.75) is 29.7 Å². The lowest BCUT2D eigenvalue weighted by Crippen LogP contribution is -2.44. The van der Waals surface area contributed by atoms with E-state index in [-0.39, 0.29) is 10.6 Å². The number of nitrogen functional groups attached to an aromatic ring is 1. The number of hydrogen-bond acceptors (Lipinski definition) is 7. The second kappa shape index (κ2) is 8.59. The molecule has 0 aliphatic carbocycles. The van der Waals surface area contributed by atoms with Gasteiger partial charge in [-0.15, -0.1) is 0 Å². The van der Waals surface area contributed by atoms with Crippen LogP contribution in [0.25, 0.3) is 0 Å². The van der Waals surface area contributed by atoms with Crippen LogP contribution in [0.4, 0.5) is 16.4 Å². The third kappa shape index (κ3) is 4.89. The summed E-state index contributed by atoms with van der Waals surface area (Å²) in [4.78, 5) is 26.4. The molecule has 28 heavy (non-hydrogen) atoms. The highest BCUT2D eigenvalue weighted by Gasteiger charge is 2.31. The highest BCUT2D eigenvalue weighted by molar-refractivity contribution is 7.99. The number of nitrogens with one attached hydrogen (secondary N) is 1. The minimum absolute atomic E-state index is 0.0684. The number of carboxylic acid groups (broad SMARTS) is 1. The maximum absolute atomic E-state index is 10.7. The van der Waals surface area contributed by atoms with Gasteiger partial charge < -0.3 is 21.1 Å². The molecule has 2 aromatic rings. The number of nitrogens with two attached hydrogens (primary N) is 1. The number of pyridine rings is 1. The molecule has 0 saturated carbocycles. The van der Waals surface area contributed by atoms with Gasteiger partial charge in [0.1, 0.15) is 16.0 Å². The highest BCUT2D eigenvalue weighted by Crippen LogP contribution is 2.38. The summed E-state index contributed by atoms with van der Waals surface area (Å²) in [6, 6.07) is 1.74. The standard InChI is InChI=1S/C17H20Cl2N6O2S/c1-17(9-23-16(26)27)3-6-25(7-4-17)11-8-22-15(14(20)24-11)28-10-2-5-21-13(19)12(10)18/h2,5,8,23H,3-4,6-7,9H2,1H3,(H2,20,24)(H,26,27). The van der Waals surface area contributed by atoms with Gasteiger partial charge >= 0.3 is 6.09 Å². The first-order valence-corrected chi connectivity index (χ1v) is 10.2. The van der Waals surface area contributed by atoms with Gasteiger partial charge in [-0.2, -0.15) is 0 Å². The van der Waals surface area contributed by atoms with Crippen molar-refractivity contribution < 1.29 is 9.90 Å². The van der Waals surface area contributed by atoms with Gasteiger partial charge in [0.05, 0.1) is 11.2 Å². The van der Waals surface area contributed by atoms with Crippen molar-refractivity contribution in [1.82, 2.24) is 20.3 Å². The number of halogens is 2. The Bertz CT molecular complexity index is 877. The fourth-order valence-corrected chi connectivity index (χ4v) is 4.16. The zero-order chi connectivity index (χ0) is 20.3. The first kappa shape index (κ1) is 20.8. The molecule has 3 rings (SSSR count). The summed E-state index contributed by atoms with van der Waals surface area (Å²) >= 11 is 13.4. The first-order chi connectivity index (χ1) is 13.3. The molecule has 0 spiro atoms. The largest absolute Gasteiger partial charge is 0.465 e. The number of anilines is 2. The normalized spacial score (nSPS) is 16.0. The molecule has 11 heteroatoms. The van der Waals surface area contributed by atoms with Gasteiger partial charge in [0.25, 0.3) is 0 Å². The molecule has 1 saturated heterocycles. The van der Waals surface area contributed by atoms with E-state index in [1.165, 1.54) is 11.8 Å². The molecular weight excluding hydrogens is 423 g/mol. The van der Waals surface area contributed by atoms with Gasteiger partial charge in [-0.1, -0.05) is 41.9 Å². The summed E-state index contributed by atoms with van der Waals surface area (Å²) in [5.41, 5.74) is 6.04. The molecule has 1 fully saturated rings. The van der Waals surface area contributed by atoms with E-state index in [2.05, 4.69) is 32.1 Å². The lowest BCUT2D eigenvalue weighted by Gasteiger charge is -2.39. The number of carbonyl (C=O) groups is 1. The van der Waals surface area contributed by atoms with Crippen molar-refractivity contribution in [3.63, 3.8) is 0 Å². The molecule has 1 aliphatic rings. The second-order valence-electron chi connectivity index (χ2n) is 6.89. The summed E-state index contributed by atoms with van der Waals surface area (Å²) in [5, 5.41) is 12.4. The second-order valence-corrected chi connectivity index (χ2v) is 8.66. The Hall–Kier alpha value is -1.97. The molecule has 3 heterocycles. The predicted molar refractivity (Wildman–Crippen MR) is 110 cm³/mol. The first-order valence-electron chi connectivity index (χ1n) is 8.59. The SMILES string of the molecule is CC1(CNC(=O)O)CCN(c2cnc(Sc3ccnc(Cl)c3Cl)c(N)n2)CC1. The maximum Gasteiger partial charge on any atom is 0.404 e. The molecule has 150 valence electrons. The van der Waals surface area contributed by atoms with E-state index in [9.17, 15) is 4.79 Å². The van der Waals surface area contributed by atoms with Crippen LogP contribution in [0, 0.1) is 5.41 Å². The van der Waals surface area contributed by atoms with Crippen LogP contribution >= 0.6 is 35.0 Å². The van der Waals surface area contributed by atoms with Crippen molar-refractivity contribution in [3.8, 4) is 0 Å². The quantitative estimate of drug-likeness (QED) is 0.598. The minimum Gasteiger partial charge on any atom is -0.465 e. The van der Waals surface area contributed by atoms with Crippen LogP contribution < -0.4 is 16.0 Å². The van der Waals surface area contributed by atoms with Crippen LogP contribution in [-0.4, -0.2) is 45.8 Å². The average Bonchev–Trinajstić information content (AvgIpc) is 2.66. The van der Waals surface area contributed by atoms with Gasteiger partial charge in [0.15, 0.2) is 5.82 Å². The van der Waals surface area contributed by atoms with Crippen molar-refractivity contribution in [1.29, 1.82) is 0 Å². The zero-order valence-corrected chi connectivity index (χ0v) is 17.5. The third-order valence-corrected chi connectivity index (χ3v) is 6.68. The Labute approximate surface area is 176 Å². The van der Waals surface area contributed by atoms with Crippen LogP contribution in [0.5, 0.6) is 0 Å². The Kier molecular flexibility index (Phi) is 6.36. The van der Waals surface area contributed by atoms with E-state index in [1.54, 1.807) is 18.5 Å². The third-order valence-electron chi connectivity index (χ3n) is 4.73. The summed E-state index contributed by atoms with van der Waals surface area (Å²) in [5.74, 6) is 1.02. The molecular formula is C17H20Cl2N6O2S. The van der Waals surface area contributed by atoms with Crippen LogP contribution in [0.1, 0.15) is 19.8 Å². The molecule has 0 aromatic carbocycles. The molecule has 1 aliphatic heterocycles. The number of rotatable bonds is 5. The fraction of sp³-hybridized carbons (Fsp3) is 0.412. The number of piperidine rings is 1. The highest BCUT2D eigenvalue weighted by atomic mass is 35.5. The minimum atomic E-state index is -0.994. The van der Waals surface area contributed by atoms with Gasteiger partial charge in [-0.05, 0) is 24.3 Å². The van der Waals surface area contributed by atoms with Crippen molar-refractivity contribution >= 4 is 52.7 Å². The Morgan fingerprint density at radius 2 is 2.11 bits per heavy atom. The summed E-state index contributed by atoms with van der Waals surface area (Å²) in [6.45, 7) is 4.03. The monoisotopic (exact) mass is 442 g/mol. The van der Waals surface area contributed by atoms with Crippen molar-refractivity contribution in [2.75, 3.05) is 30.3 Å². The Morgan fingerprint density at radius 3 is 2.75 bits per heavy atom. The predicted octanol–water partition coefficient (Wildman–Crippen LogP) is 3.79. The van der Waals surface area contributed by atoms with Crippen molar-refractivity contribution in [2.24, 2.45) is 5.41 Å². The van der Waals surface area contributed by atoms with Crippen LogP contribution in [0.3, 0.4) is 0 Å². The van der Waals surface area contributed by atoms with Crippen LogP contribution in [0.15, 0.2) is 28.4 Å². The van der Waals surface area contributed by atoms with Gasteiger partial charge in [-0.3, -0.25) is 0 Å². The Balaban J connectivity index is 1.66.